The summed E-state index contributed by atoms with van der Waals surface area (Å²) in [6, 6.07) is 12.0. The maximum absolute atomic E-state index is 10.5. The van der Waals surface area contributed by atoms with Crippen molar-refractivity contribution in [3.8, 4) is 0 Å². The molecule has 0 spiro atoms. The summed E-state index contributed by atoms with van der Waals surface area (Å²) in [5.41, 5.74) is 1.91. The smallest absolute Gasteiger partial charge is 0.294 e. The van der Waals surface area contributed by atoms with Crippen LogP contribution in [0.25, 0.3) is 0 Å². The molecule has 0 unspecified atom stereocenters. The van der Waals surface area contributed by atoms with E-state index < -0.39 is 20.2 Å². The van der Waals surface area contributed by atoms with E-state index in [0.717, 1.165) is 11.1 Å². The maximum Gasteiger partial charge on any atom is 0.294 e. The average Bonchev–Trinajstić information content (AvgIpc) is 2.85. The van der Waals surface area contributed by atoms with Crippen molar-refractivity contribution in [2.45, 2.75) is 23.6 Å². The van der Waals surface area contributed by atoms with Gasteiger partial charge in [0.2, 0.25) is 0 Å². The highest BCUT2D eigenvalue weighted by Gasteiger charge is 2.07. The number of hydrogen-bond donors (Lipinski definition) is 4. The molecule has 0 amide bonds. The average molecular weight is 583 g/mol. The fourth-order valence-electron chi connectivity index (χ4n) is 2.31. The summed E-state index contributed by atoms with van der Waals surface area (Å²) in [7, 11) is -8.04. The molecule has 0 fully saturated rings. The van der Waals surface area contributed by atoms with Crippen LogP contribution >= 0.6 is 0 Å². The summed E-state index contributed by atoms with van der Waals surface area (Å²) in [4.78, 5) is -0.133. The van der Waals surface area contributed by atoms with Gasteiger partial charge in [0.1, 0.15) is 0 Å². The Labute approximate surface area is 224 Å². The van der Waals surface area contributed by atoms with Crippen molar-refractivity contribution in [3.05, 3.63) is 59.7 Å². The molecule has 12 nitrogen and oxygen atoms in total. The summed E-state index contributed by atoms with van der Waals surface area (Å²) in [5.74, 6) is 0. The van der Waals surface area contributed by atoms with Gasteiger partial charge in [-0.3, -0.25) is 9.11 Å². The first kappa shape index (κ1) is 36.0. The first-order valence-electron chi connectivity index (χ1n) is 11.5. The second kappa shape index (κ2) is 20.9. The third kappa shape index (κ3) is 20.0. The van der Waals surface area contributed by atoms with Gasteiger partial charge in [-0.1, -0.05) is 35.4 Å². The van der Waals surface area contributed by atoms with E-state index >= 15 is 0 Å². The molecule has 0 aliphatic heterocycles. The quantitative estimate of drug-likeness (QED) is 0.175. The number of hydrogen-bond acceptors (Lipinski definition) is 10. The van der Waals surface area contributed by atoms with Crippen LogP contribution in [0, 0.1) is 13.8 Å². The predicted octanol–water partition coefficient (Wildman–Crippen LogP) is 1.52. The van der Waals surface area contributed by atoms with Crippen molar-refractivity contribution in [2.24, 2.45) is 0 Å². The number of aliphatic hydroxyl groups is 2. The molecule has 2 rings (SSSR count). The minimum absolute atomic E-state index is 0.0386. The van der Waals surface area contributed by atoms with Crippen molar-refractivity contribution < 1.29 is 55.1 Å². The van der Waals surface area contributed by atoms with E-state index in [4.69, 9.17) is 38.3 Å². The molecule has 2 aromatic carbocycles. The van der Waals surface area contributed by atoms with Gasteiger partial charge in [0, 0.05) is 0 Å². The molecular formula is C24H38O12S2. The fraction of sp³-hybridized carbons (Fsp3) is 0.500. The molecule has 0 aliphatic carbocycles. The molecule has 38 heavy (non-hydrogen) atoms. The Morgan fingerprint density at radius 2 is 0.737 bits per heavy atom. The van der Waals surface area contributed by atoms with Gasteiger partial charge in [-0.05, 0) is 38.1 Å². The number of rotatable bonds is 15. The van der Waals surface area contributed by atoms with Crippen LogP contribution in [0.15, 0.2) is 58.3 Å². The van der Waals surface area contributed by atoms with E-state index in [1.165, 1.54) is 24.3 Å². The minimum Gasteiger partial charge on any atom is -0.394 e. The van der Waals surface area contributed by atoms with Crippen LogP contribution in [-0.4, -0.2) is 102 Å². The van der Waals surface area contributed by atoms with Crippen molar-refractivity contribution in [2.75, 3.05) is 66.1 Å². The van der Waals surface area contributed by atoms with E-state index in [9.17, 15) is 16.8 Å². The third-order valence-corrected chi connectivity index (χ3v) is 5.96. The number of ether oxygens (including phenoxy) is 4. The van der Waals surface area contributed by atoms with Crippen molar-refractivity contribution in [1.82, 2.24) is 0 Å². The zero-order chi connectivity index (χ0) is 28.9. The lowest BCUT2D eigenvalue weighted by Gasteiger charge is -2.06. The van der Waals surface area contributed by atoms with Gasteiger partial charge >= 0.3 is 0 Å². The Hall–Kier alpha value is -1.98. The van der Waals surface area contributed by atoms with Gasteiger partial charge in [-0.15, -0.1) is 0 Å². The molecule has 0 bridgehead atoms. The van der Waals surface area contributed by atoms with Gasteiger partial charge < -0.3 is 29.2 Å². The van der Waals surface area contributed by atoms with Gasteiger partial charge in [-0.2, -0.15) is 16.8 Å². The molecular weight excluding hydrogens is 544 g/mol. The second-order valence-corrected chi connectivity index (χ2v) is 10.3. The Balaban J connectivity index is 0.000000554. The molecule has 0 saturated heterocycles. The monoisotopic (exact) mass is 582 g/mol. The lowest BCUT2D eigenvalue weighted by atomic mass is 10.2. The summed E-state index contributed by atoms with van der Waals surface area (Å²) in [6.07, 6.45) is 0. The number of aliphatic hydroxyl groups excluding tert-OH is 2. The molecule has 0 aliphatic rings. The second-order valence-electron chi connectivity index (χ2n) is 7.47. The molecule has 4 N–H and O–H groups in total. The van der Waals surface area contributed by atoms with Crippen LogP contribution in [-0.2, 0) is 39.2 Å². The lowest BCUT2D eigenvalue weighted by molar-refractivity contribution is -0.00856. The summed E-state index contributed by atoms with van der Waals surface area (Å²) >= 11 is 0. The Bertz CT molecular complexity index is 967. The van der Waals surface area contributed by atoms with Crippen molar-refractivity contribution in [1.29, 1.82) is 0 Å². The summed E-state index contributed by atoms with van der Waals surface area (Å²) in [5, 5.41) is 16.8. The van der Waals surface area contributed by atoms with E-state index in [1.54, 1.807) is 24.3 Å². The molecule has 218 valence electrons. The standard InChI is InChI=1S/C10H22O6.2C7H8O3S/c11-1-3-13-5-7-15-9-10-16-8-6-14-4-2-12;2*1-6-2-4-7(5-3-6)11(8,9)10/h11-12H,1-10H2;2*2-5H,1H3,(H,8,9,10). The zero-order valence-electron chi connectivity index (χ0n) is 21.6. The largest absolute Gasteiger partial charge is 0.394 e. The number of benzene rings is 2. The van der Waals surface area contributed by atoms with Crippen LogP contribution in [0.1, 0.15) is 11.1 Å². The van der Waals surface area contributed by atoms with Crippen LogP contribution in [0.3, 0.4) is 0 Å². The van der Waals surface area contributed by atoms with Gasteiger partial charge in [-0.25, -0.2) is 0 Å². The highest BCUT2D eigenvalue weighted by atomic mass is 32.2. The molecule has 0 radical (unpaired) electrons. The van der Waals surface area contributed by atoms with Crippen molar-refractivity contribution >= 4 is 20.2 Å². The first-order chi connectivity index (χ1) is 17.9. The Kier molecular flexibility index (Phi) is 19.8. The predicted molar refractivity (Wildman–Crippen MR) is 139 cm³/mol. The molecule has 0 aromatic heterocycles. The highest BCUT2D eigenvalue weighted by Crippen LogP contribution is 2.09. The minimum atomic E-state index is -4.02. The normalized spacial score (nSPS) is 11.2. The SMILES string of the molecule is Cc1ccc(S(=O)(=O)O)cc1.Cc1ccc(S(=O)(=O)O)cc1.OCCOCCOCCOCCOCCO. The van der Waals surface area contributed by atoms with Gasteiger partial charge in [0.25, 0.3) is 20.2 Å². The molecule has 2 aromatic rings. The van der Waals surface area contributed by atoms with E-state index in [0.29, 0.717) is 52.9 Å². The number of aryl methyl sites for hydroxylation is 2. The molecule has 0 atom stereocenters. The van der Waals surface area contributed by atoms with Crippen LogP contribution in [0.5, 0.6) is 0 Å². The van der Waals surface area contributed by atoms with Crippen LogP contribution < -0.4 is 0 Å². The fourth-order valence-corrected chi connectivity index (χ4v) is 3.27. The topological polar surface area (TPSA) is 186 Å². The summed E-state index contributed by atoms with van der Waals surface area (Å²) < 4.78 is 79.5. The zero-order valence-corrected chi connectivity index (χ0v) is 23.2. The van der Waals surface area contributed by atoms with E-state index in [1.807, 2.05) is 13.8 Å². The lowest BCUT2D eigenvalue weighted by Crippen LogP contribution is -2.13. The summed E-state index contributed by atoms with van der Waals surface area (Å²) in [6.45, 7) is 7.47. The Morgan fingerprint density at radius 3 is 0.947 bits per heavy atom. The van der Waals surface area contributed by atoms with Crippen LogP contribution in [0.2, 0.25) is 0 Å². The van der Waals surface area contributed by atoms with Gasteiger partial charge in [0.05, 0.1) is 75.9 Å². The first-order valence-corrected chi connectivity index (χ1v) is 14.4. The van der Waals surface area contributed by atoms with E-state index in [-0.39, 0.29) is 23.0 Å². The molecule has 14 heteroatoms. The third-order valence-electron chi connectivity index (χ3n) is 4.22. The molecule has 0 saturated carbocycles. The highest BCUT2D eigenvalue weighted by molar-refractivity contribution is 7.86. The van der Waals surface area contributed by atoms with E-state index in [2.05, 4.69) is 0 Å². The van der Waals surface area contributed by atoms with Crippen LogP contribution in [0.4, 0.5) is 0 Å². The van der Waals surface area contributed by atoms with Crippen molar-refractivity contribution in [3.63, 3.8) is 0 Å². The molecule has 0 heterocycles. The maximum atomic E-state index is 10.5. The Morgan fingerprint density at radius 1 is 0.500 bits per heavy atom. The van der Waals surface area contributed by atoms with Gasteiger partial charge in [0.15, 0.2) is 0 Å².